The van der Waals surface area contributed by atoms with Crippen LogP contribution in [0.4, 0.5) is 5.69 Å². The van der Waals surface area contributed by atoms with Crippen LogP contribution in [0, 0.1) is 10.1 Å². The molecule has 8 heteroatoms. The van der Waals surface area contributed by atoms with Gasteiger partial charge in [-0.1, -0.05) is 17.4 Å². The van der Waals surface area contributed by atoms with Gasteiger partial charge in [-0.2, -0.15) is 0 Å². The third-order valence-electron chi connectivity index (χ3n) is 4.00. The smallest absolute Gasteiger partial charge is 0.305 e. The fourth-order valence-corrected chi connectivity index (χ4v) is 3.65. The molecule has 1 N–H and O–H groups in total. The number of nitro benzene ring substituents is 1. The number of nitrogens with one attached hydrogen (secondary N) is 1. The van der Waals surface area contributed by atoms with Crippen molar-refractivity contribution in [3.8, 4) is 0 Å². The molecule has 0 amide bonds. The largest absolute Gasteiger partial charge is 0.326 e. The van der Waals surface area contributed by atoms with Crippen LogP contribution in [0.3, 0.4) is 0 Å². The van der Waals surface area contributed by atoms with Gasteiger partial charge in [-0.15, -0.1) is 0 Å². The first-order valence-electron chi connectivity index (χ1n) is 7.46. The molecule has 0 radical (unpaired) electrons. The Kier molecular flexibility index (Phi) is 3.66. The molecule has 0 saturated carbocycles. The highest BCUT2D eigenvalue weighted by Crippen LogP contribution is 2.30. The summed E-state index contributed by atoms with van der Waals surface area (Å²) in [6.07, 6.45) is 5.23. The monoisotopic (exact) mass is 352 g/mol. The molecule has 1 atom stereocenters. The predicted octanol–water partition coefficient (Wildman–Crippen LogP) is 3.33. The number of nitrogens with zero attached hydrogens (tertiary/aromatic N) is 3. The van der Waals surface area contributed by atoms with Crippen molar-refractivity contribution in [3.05, 3.63) is 92.1 Å². The molecule has 7 nitrogen and oxygen atoms in total. The Morgan fingerprint density at radius 2 is 1.92 bits per heavy atom. The van der Waals surface area contributed by atoms with Crippen LogP contribution in [0.5, 0.6) is 0 Å². The second-order valence-corrected chi connectivity index (χ2v) is 6.55. The number of H-pyrrole nitrogens is 1. The zero-order valence-corrected chi connectivity index (χ0v) is 13.6. The summed E-state index contributed by atoms with van der Waals surface area (Å²) in [5.74, 6) is 0. The lowest BCUT2D eigenvalue weighted by atomic mass is 9.98. The molecule has 2 aromatic carbocycles. The van der Waals surface area contributed by atoms with Gasteiger partial charge in [0.1, 0.15) is 0 Å². The van der Waals surface area contributed by atoms with Crippen LogP contribution in [0.25, 0.3) is 10.2 Å². The van der Waals surface area contributed by atoms with Crippen molar-refractivity contribution in [1.29, 1.82) is 0 Å². The van der Waals surface area contributed by atoms with Crippen LogP contribution in [0.15, 0.2) is 66.0 Å². The van der Waals surface area contributed by atoms with Crippen LogP contribution in [0.2, 0.25) is 0 Å². The minimum Gasteiger partial charge on any atom is -0.326 e. The SMILES string of the molecule is O=c1[nH]c2ccc(C(c3ccc([N+](=O)[O-])cc3)n3ccnc3)cc2s1. The number of rotatable bonds is 4. The summed E-state index contributed by atoms with van der Waals surface area (Å²) in [4.78, 5) is 28.8. The van der Waals surface area contributed by atoms with Crippen molar-refractivity contribution >= 4 is 27.2 Å². The summed E-state index contributed by atoms with van der Waals surface area (Å²) in [6, 6.07) is 12.1. The first-order valence-corrected chi connectivity index (χ1v) is 8.28. The van der Waals surface area contributed by atoms with Crippen molar-refractivity contribution < 1.29 is 4.92 Å². The third-order valence-corrected chi connectivity index (χ3v) is 4.85. The number of imidazole rings is 1. The van der Waals surface area contributed by atoms with E-state index in [4.69, 9.17) is 0 Å². The van der Waals surface area contributed by atoms with Gasteiger partial charge >= 0.3 is 4.87 Å². The summed E-state index contributed by atoms with van der Waals surface area (Å²) in [5, 5.41) is 10.9. The summed E-state index contributed by atoms with van der Waals surface area (Å²) < 4.78 is 2.80. The maximum atomic E-state index is 11.6. The number of benzene rings is 2. The van der Waals surface area contributed by atoms with E-state index in [0.29, 0.717) is 0 Å². The van der Waals surface area contributed by atoms with E-state index in [9.17, 15) is 14.9 Å². The van der Waals surface area contributed by atoms with Gasteiger partial charge < -0.3 is 9.55 Å². The molecule has 0 aliphatic rings. The van der Waals surface area contributed by atoms with Gasteiger partial charge in [0.05, 0.1) is 27.5 Å². The minimum absolute atomic E-state index is 0.0486. The molecule has 0 aliphatic heterocycles. The molecule has 25 heavy (non-hydrogen) atoms. The average Bonchev–Trinajstić information content (AvgIpc) is 3.24. The Labute approximate surface area is 145 Å². The lowest BCUT2D eigenvalue weighted by Gasteiger charge is -2.19. The second-order valence-electron chi connectivity index (χ2n) is 5.53. The van der Waals surface area contributed by atoms with Crippen LogP contribution in [0.1, 0.15) is 17.2 Å². The molecule has 0 spiro atoms. The highest BCUT2D eigenvalue weighted by Gasteiger charge is 2.18. The molecule has 0 aliphatic carbocycles. The summed E-state index contributed by atoms with van der Waals surface area (Å²) >= 11 is 1.16. The van der Waals surface area contributed by atoms with Gasteiger partial charge in [-0.25, -0.2) is 4.98 Å². The van der Waals surface area contributed by atoms with Gasteiger partial charge in [-0.3, -0.25) is 14.9 Å². The van der Waals surface area contributed by atoms with Gasteiger partial charge in [0.25, 0.3) is 5.69 Å². The molecule has 0 fully saturated rings. The van der Waals surface area contributed by atoms with Crippen molar-refractivity contribution in [3.63, 3.8) is 0 Å². The van der Waals surface area contributed by atoms with Gasteiger partial charge in [-0.05, 0) is 35.4 Å². The summed E-state index contributed by atoms with van der Waals surface area (Å²) in [6.45, 7) is 0. The molecule has 4 rings (SSSR count). The zero-order chi connectivity index (χ0) is 17.4. The van der Waals surface area contributed by atoms with Crippen LogP contribution in [-0.2, 0) is 0 Å². The van der Waals surface area contributed by atoms with E-state index in [1.165, 1.54) is 12.1 Å². The lowest BCUT2D eigenvalue weighted by molar-refractivity contribution is -0.384. The maximum absolute atomic E-state index is 11.6. The van der Waals surface area contributed by atoms with Crippen molar-refractivity contribution in [1.82, 2.24) is 14.5 Å². The standard InChI is InChI=1S/C17H12N4O3S/c22-17-19-14-6-3-12(9-15(14)25-17)16(20-8-7-18-10-20)11-1-4-13(5-2-11)21(23)24/h1-10,16H,(H,19,22). The van der Waals surface area contributed by atoms with E-state index in [1.807, 2.05) is 29.0 Å². The van der Waals surface area contributed by atoms with Gasteiger partial charge in [0.15, 0.2) is 0 Å². The molecule has 1 unspecified atom stereocenters. The van der Waals surface area contributed by atoms with Crippen molar-refractivity contribution in [2.24, 2.45) is 0 Å². The molecule has 2 heterocycles. The van der Waals surface area contributed by atoms with E-state index in [0.717, 1.165) is 32.7 Å². The summed E-state index contributed by atoms with van der Waals surface area (Å²) in [5.41, 5.74) is 2.71. The van der Waals surface area contributed by atoms with E-state index in [2.05, 4.69) is 9.97 Å². The number of nitro groups is 1. The Hall–Kier alpha value is -3.26. The number of fused-ring (bicyclic) bond motifs is 1. The highest BCUT2D eigenvalue weighted by atomic mass is 32.1. The number of aromatic amines is 1. The molecule has 0 saturated heterocycles. The van der Waals surface area contributed by atoms with E-state index in [-0.39, 0.29) is 16.6 Å². The third kappa shape index (κ3) is 2.83. The number of non-ortho nitro benzene ring substituents is 1. The molecular weight excluding hydrogens is 340 g/mol. The molecular formula is C17H12N4O3S. The molecule has 124 valence electrons. The normalized spacial score (nSPS) is 12.3. The Morgan fingerprint density at radius 1 is 1.16 bits per heavy atom. The Morgan fingerprint density at radius 3 is 2.60 bits per heavy atom. The van der Waals surface area contributed by atoms with Crippen molar-refractivity contribution in [2.75, 3.05) is 0 Å². The van der Waals surface area contributed by atoms with Crippen LogP contribution in [-0.4, -0.2) is 19.5 Å². The molecule has 4 aromatic rings. The first-order chi connectivity index (χ1) is 12.1. The zero-order valence-electron chi connectivity index (χ0n) is 12.8. The highest BCUT2D eigenvalue weighted by molar-refractivity contribution is 7.16. The van der Waals surface area contributed by atoms with Gasteiger partial charge in [0, 0.05) is 24.5 Å². The quantitative estimate of drug-likeness (QED) is 0.450. The lowest BCUT2D eigenvalue weighted by Crippen LogP contribution is -2.10. The Bertz CT molecular complexity index is 1100. The Balaban J connectivity index is 1.85. The number of hydrogen-bond donors (Lipinski definition) is 1. The van der Waals surface area contributed by atoms with Crippen molar-refractivity contribution in [2.45, 2.75) is 6.04 Å². The van der Waals surface area contributed by atoms with E-state index >= 15 is 0 Å². The maximum Gasteiger partial charge on any atom is 0.305 e. The topological polar surface area (TPSA) is 93.8 Å². The number of hydrogen-bond acceptors (Lipinski definition) is 5. The predicted molar refractivity (Wildman–Crippen MR) is 95.0 cm³/mol. The molecule has 0 bridgehead atoms. The van der Waals surface area contributed by atoms with Gasteiger partial charge in [0.2, 0.25) is 0 Å². The molecule has 2 aromatic heterocycles. The number of aromatic nitrogens is 3. The van der Waals surface area contributed by atoms with E-state index in [1.54, 1.807) is 24.7 Å². The second kappa shape index (κ2) is 5.99. The van der Waals surface area contributed by atoms with E-state index < -0.39 is 4.92 Å². The van der Waals surface area contributed by atoms with Crippen LogP contribution >= 0.6 is 11.3 Å². The fourth-order valence-electron chi connectivity index (χ4n) is 2.87. The first kappa shape index (κ1) is 15.3. The average molecular weight is 352 g/mol. The minimum atomic E-state index is -0.417. The number of thiazole rings is 1. The fraction of sp³-hybridized carbons (Fsp3) is 0.0588. The summed E-state index contributed by atoms with van der Waals surface area (Å²) in [7, 11) is 0. The van der Waals surface area contributed by atoms with Crippen LogP contribution < -0.4 is 4.87 Å².